The molecule has 52 heavy (non-hydrogen) atoms. The van der Waals surface area contributed by atoms with Gasteiger partial charge in [-0.15, -0.1) is 0 Å². The van der Waals surface area contributed by atoms with Crippen molar-refractivity contribution in [2.75, 3.05) is 114 Å². The van der Waals surface area contributed by atoms with Crippen LogP contribution in [0.15, 0.2) is 0 Å². The topological polar surface area (TPSA) is 63.2 Å². The third-order valence-electron chi connectivity index (χ3n) is 10.4. The first-order chi connectivity index (χ1) is 25.1. The highest BCUT2D eigenvalue weighted by molar-refractivity contribution is 5.70. The van der Waals surface area contributed by atoms with Crippen molar-refractivity contribution in [3.63, 3.8) is 0 Å². The number of hydrogen-bond donors (Lipinski definition) is 0. The number of hydrogen-bond acceptors (Lipinski definition) is 6. The van der Waals surface area contributed by atoms with Gasteiger partial charge < -0.3 is 32.7 Å². The van der Waals surface area contributed by atoms with Crippen molar-refractivity contribution in [3.05, 3.63) is 0 Å². The van der Waals surface area contributed by atoms with Gasteiger partial charge in [-0.05, 0) is 39.0 Å². The number of quaternary nitrogens is 2. The first-order valence-corrected chi connectivity index (χ1v) is 22.2. The van der Waals surface area contributed by atoms with Crippen molar-refractivity contribution in [3.8, 4) is 0 Å². The molecule has 0 rings (SSSR count). The van der Waals surface area contributed by atoms with Crippen LogP contribution in [0.25, 0.3) is 0 Å². The minimum atomic E-state index is -0.180. The Kier molecular flexibility index (Phi) is 34.2. The Labute approximate surface area is 324 Å². The van der Waals surface area contributed by atoms with Gasteiger partial charge in [-0.1, -0.05) is 124 Å². The second-order valence-electron chi connectivity index (χ2n) is 17.0. The second kappa shape index (κ2) is 34.7. The zero-order valence-corrected chi connectivity index (χ0v) is 36.4. The molecule has 0 fully saturated rings. The Hall–Kier alpha value is -0.770. The number of unbranched alkanes of at least 4 members (excludes halogenated alkanes) is 16. The highest BCUT2D eigenvalue weighted by Crippen LogP contribution is 2.28. The van der Waals surface area contributed by atoms with Gasteiger partial charge in [0.25, 0.3) is 0 Å². The molecule has 8 nitrogen and oxygen atoms in total. The van der Waals surface area contributed by atoms with Crippen LogP contribution in [-0.2, 0) is 28.5 Å². The lowest BCUT2D eigenvalue weighted by atomic mass is 9.84. The standard InChI is InChI=1S/C44H92N2O6/c1-9-13-15-17-18-19-20-21-24-29-36-49-40-44(41-50-37-32-45(5,6)31-11-3,42-51-38-33-46(7,8)39-43(47)52-12-4)30-26-23-22-25-28-35-48-34-27-16-14-10-2/h9-42H2,1-8H3/q+2/t44-/m0/s1. The molecule has 0 aliphatic heterocycles. The number of carbonyl (C=O) groups excluding carboxylic acids is 1. The molecule has 0 saturated heterocycles. The van der Waals surface area contributed by atoms with Crippen LogP contribution in [0.1, 0.15) is 163 Å². The average molecular weight is 745 g/mol. The third kappa shape index (κ3) is 32.6. The number of likely N-dealkylation sites (N-methyl/N-ethyl adjacent to an activating group) is 2. The van der Waals surface area contributed by atoms with Gasteiger partial charge in [0.1, 0.15) is 13.1 Å². The monoisotopic (exact) mass is 745 g/mol. The minimum absolute atomic E-state index is 0.154. The maximum absolute atomic E-state index is 12.2. The van der Waals surface area contributed by atoms with Crippen molar-refractivity contribution in [1.29, 1.82) is 0 Å². The zero-order valence-electron chi connectivity index (χ0n) is 36.4. The second-order valence-corrected chi connectivity index (χ2v) is 17.0. The SMILES string of the molecule is CCCCCCCCCCCCOC[C@@](CCCCCCCOCCCCCC)(COCC[N+](C)(C)CCC)COCC[N+](C)(C)CC(=O)OCC. The summed E-state index contributed by atoms with van der Waals surface area (Å²) in [5.41, 5.74) is -0.180. The largest absolute Gasteiger partial charge is 0.462 e. The number of rotatable bonds is 41. The van der Waals surface area contributed by atoms with E-state index in [2.05, 4.69) is 49.0 Å². The molecule has 312 valence electrons. The van der Waals surface area contributed by atoms with Gasteiger partial charge in [0.2, 0.25) is 0 Å². The summed E-state index contributed by atoms with van der Waals surface area (Å²) in [5.74, 6) is -0.154. The van der Waals surface area contributed by atoms with Crippen LogP contribution in [-0.4, -0.2) is 129 Å². The summed E-state index contributed by atoms with van der Waals surface area (Å²) in [5, 5.41) is 0. The van der Waals surface area contributed by atoms with Crippen LogP contribution in [0.3, 0.4) is 0 Å². The normalized spacial score (nSPS) is 13.5. The lowest BCUT2D eigenvalue weighted by Gasteiger charge is -2.35. The fourth-order valence-electron chi connectivity index (χ4n) is 6.84. The third-order valence-corrected chi connectivity index (χ3v) is 10.4. The number of carbonyl (C=O) groups is 1. The summed E-state index contributed by atoms with van der Waals surface area (Å²) in [4.78, 5) is 12.2. The maximum atomic E-state index is 12.2. The van der Waals surface area contributed by atoms with Crippen LogP contribution in [0, 0.1) is 5.41 Å². The van der Waals surface area contributed by atoms with Crippen molar-refractivity contribution in [2.24, 2.45) is 5.41 Å². The lowest BCUT2D eigenvalue weighted by molar-refractivity contribution is -0.890. The molecular formula is C44H92N2O6+2. The van der Waals surface area contributed by atoms with Crippen LogP contribution >= 0.6 is 0 Å². The van der Waals surface area contributed by atoms with E-state index < -0.39 is 0 Å². The van der Waals surface area contributed by atoms with E-state index in [1.165, 1.54) is 109 Å². The summed E-state index contributed by atoms with van der Waals surface area (Å²) >= 11 is 0. The van der Waals surface area contributed by atoms with Gasteiger partial charge >= 0.3 is 5.97 Å². The Balaban J connectivity index is 5.19. The molecule has 0 aliphatic rings. The predicted molar refractivity (Wildman–Crippen MR) is 220 cm³/mol. The molecule has 0 radical (unpaired) electrons. The minimum Gasteiger partial charge on any atom is -0.462 e. The quantitative estimate of drug-likeness (QED) is 0.0353. The summed E-state index contributed by atoms with van der Waals surface area (Å²) in [6.45, 7) is 18.2. The molecule has 0 spiro atoms. The Morgan fingerprint density at radius 2 is 0.846 bits per heavy atom. The van der Waals surface area contributed by atoms with Crippen molar-refractivity contribution >= 4 is 5.97 Å². The molecule has 0 heterocycles. The molecule has 8 heteroatoms. The van der Waals surface area contributed by atoms with E-state index in [1.807, 2.05) is 6.92 Å². The number of esters is 1. The molecule has 0 bridgehead atoms. The van der Waals surface area contributed by atoms with Gasteiger partial charge in [0, 0.05) is 25.2 Å². The Morgan fingerprint density at radius 3 is 1.33 bits per heavy atom. The van der Waals surface area contributed by atoms with Crippen molar-refractivity contribution < 1.29 is 37.4 Å². The Morgan fingerprint density at radius 1 is 0.442 bits per heavy atom. The van der Waals surface area contributed by atoms with Gasteiger partial charge in [-0.25, -0.2) is 4.79 Å². The molecule has 0 saturated carbocycles. The number of nitrogens with zero attached hydrogens (tertiary/aromatic N) is 2. The first kappa shape index (κ1) is 51.2. The van der Waals surface area contributed by atoms with Crippen molar-refractivity contribution in [2.45, 2.75) is 163 Å². The molecule has 0 aromatic carbocycles. The zero-order chi connectivity index (χ0) is 38.7. The molecular weight excluding hydrogens is 652 g/mol. The summed E-state index contributed by atoms with van der Waals surface area (Å²) < 4.78 is 32.1. The van der Waals surface area contributed by atoms with Crippen molar-refractivity contribution in [1.82, 2.24) is 0 Å². The molecule has 0 aromatic heterocycles. The average Bonchev–Trinajstić information content (AvgIpc) is 3.09. The molecule has 0 aromatic rings. The van der Waals surface area contributed by atoms with Crippen LogP contribution in [0.2, 0.25) is 0 Å². The van der Waals surface area contributed by atoms with Crippen LogP contribution < -0.4 is 0 Å². The fourth-order valence-corrected chi connectivity index (χ4v) is 6.84. The van der Waals surface area contributed by atoms with E-state index in [4.69, 9.17) is 23.7 Å². The molecule has 1 atom stereocenters. The van der Waals surface area contributed by atoms with Crippen LogP contribution in [0.5, 0.6) is 0 Å². The fraction of sp³-hybridized carbons (Fsp3) is 0.977. The smallest absolute Gasteiger partial charge is 0.361 e. The van der Waals surface area contributed by atoms with E-state index in [9.17, 15) is 4.79 Å². The van der Waals surface area contributed by atoms with E-state index in [1.54, 1.807) is 0 Å². The molecule has 0 aliphatic carbocycles. The maximum Gasteiger partial charge on any atom is 0.361 e. The number of ether oxygens (including phenoxy) is 5. The van der Waals surface area contributed by atoms with Crippen LogP contribution in [0.4, 0.5) is 0 Å². The highest BCUT2D eigenvalue weighted by Gasteiger charge is 2.32. The van der Waals surface area contributed by atoms with Gasteiger partial charge in [0.15, 0.2) is 6.54 Å². The lowest BCUT2D eigenvalue weighted by Crippen LogP contribution is -2.47. The molecule has 0 N–H and O–H groups in total. The van der Waals surface area contributed by atoms with E-state index in [0.29, 0.717) is 44.1 Å². The van der Waals surface area contributed by atoms with E-state index >= 15 is 0 Å². The Bertz CT molecular complexity index is 750. The first-order valence-electron chi connectivity index (χ1n) is 22.2. The molecule has 0 amide bonds. The van der Waals surface area contributed by atoms with Gasteiger partial charge in [-0.3, -0.25) is 0 Å². The summed E-state index contributed by atoms with van der Waals surface area (Å²) in [6, 6.07) is 0. The van der Waals surface area contributed by atoms with Gasteiger partial charge in [-0.2, -0.15) is 0 Å². The van der Waals surface area contributed by atoms with E-state index in [-0.39, 0.29) is 11.4 Å². The summed E-state index contributed by atoms with van der Waals surface area (Å²) in [7, 11) is 8.74. The molecule has 0 unspecified atom stereocenters. The van der Waals surface area contributed by atoms with E-state index in [0.717, 1.165) is 76.2 Å². The predicted octanol–water partition coefficient (Wildman–Crippen LogP) is 10.0. The summed E-state index contributed by atoms with van der Waals surface area (Å²) in [6.07, 6.45) is 26.5. The highest BCUT2D eigenvalue weighted by atomic mass is 16.5. The van der Waals surface area contributed by atoms with Gasteiger partial charge in [0.05, 0.1) is 74.4 Å².